The molecule has 1 aliphatic heterocycles. The van der Waals surface area contributed by atoms with Crippen molar-refractivity contribution in [3.05, 3.63) is 42.0 Å². The topological polar surface area (TPSA) is 21.3 Å². The molecular formula is C17H21NOS. The molecule has 1 fully saturated rings. The Hall–Kier alpha value is -1.19. The van der Waals surface area contributed by atoms with Gasteiger partial charge in [-0.1, -0.05) is 18.2 Å². The van der Waals surface area contributed by atoms with Crippen LogP contribution < -0.4 is 10.1 Å². The molecule has 3 heteroatoms. The van der Waals surface area contributed by atoms with E-state index in [1.807, 2.05) is 17.8 Å². The van der Waals surface area contributed by atoms with E-state index in [1.165, 1.54) is 34.3 Å². The Morgan fingerprint density at radius 2 is 2.00 bits per heavy atom. The maximum atomic E-state index is 5.27. The second-order valence-electron chi connectivity index (χ2n) is 5.42. The summed E-state index contributed by atoms with van der Waals surface area (Å²) in [6.45, 7) is 2.26. The molecule has 0 aromatic heterocycles. The van der Waals surface area contributed by atoms with Crippen LogP contribution >= 0.6 is 11.8 Å². The van der Waals surface area contributed by atoms with Gasteiger partial charge in [0.25, 0.3) is 0 Å². The van der Waals surface area contributed by atoms with Crippen LogP contribution in [0.5, 0.6) is 5.75 Å². The Labute approximate surface area is 124 Å². The Bertz CT molecular complexity index is 593. The number of nitrogens with one attached hydrogen (secondary N) is 1. The molecule has 1 saturated heterocycles. The van der Waals surface area contributed by atoms with E-state index in [9.17, 15) is 0 Å². The number of thioether (sulfide) groups is 1. The van der Waals surface area contributed by atoms with E-state index >= 15 is 0 Å². The van der Waals surface area contributed by atoms with Gasteiger partial charge in [0, 0.05) is 17.8 Å². The number of hydrogen-bond acceptors (Lipinski definition) is 3. The zero-order valence-electron chi connectivity index (χ0n) is 12.1. The fraction of sp³-hybridized carbons (Fsp3) is 0.412. The highest BCUT2D eigenvalue weighted by molar-refractivity contribution is 7.99. The van der Waals surface area contributed by atoms with Crippen molar-refractivity contribution < 1.29 is 4.74 Å². The quantitative estimate of drug-likeness (QED) is 0.918. The maximum Gasteiger partial charge on any atom is 0.119 e. The second-order valence-corrected chi connectivity index (χ2v) is 6.57. The molecule has 1 N–H and O–H groups in total. The third kappa shape index (κ3) is 2.94. The van der Waals surface area contributed by atoms with Crippen LogP contribution in [0.1, 0.15) is 24.9 Å². The first-order chi connectivity index (χ1) is 9.76. The average Bonchev–Trinajstić information content (AvgIpc) is 2.99. The van der Waals surface area contributed by atoms with Crippen LogP contribution in [-0.2, 0) is 0 Å². The van der Waals surface area contributed by atoms with Crippen LogP contribution in [0.25, 0.3) is 10.8 Å². The molecule has 3 rings (SSSR count). The fourth-order valence-corrected chi connectivity index (χ4v) is 3.92. The zero-order valence-corrected chi connectivity index (χ0v) is 12.9. The second kappa shape index (κ2) is 6.06. The maximum absolute atomic E-state index is 5.27. The number of methoxy groups -OCH3 is 1. The highest BCUT2D eigenvalue weighted by Crippen LogP contribution is 2.26. The lowest BCUT2D eigenvalue weighted by molar-refractivity contribution is 0.415. The highest BCUT2D eigenvalue weighted by Gasteiger charge is 2.18. The van der Waals surface area contributed by atoms with Crippen molar-refractivity contribution >= 4 is 22.5 Å². The van der Waals surface area contributed by atoms with Gasteiger partial charge in [0.05, 0.1) is 7.11 Å². The summed E-state index contributed by atoms with van der Waals surface area (Å²) in [5.41, 5.74) is 1.36. The third-order valence-corrected chi connectivity index (χ3v) is 5.15. The van der Waals surface area contributed by atoms with E-state index < -0.39 is 0 Å². The van der Waals surface area contributed by atoms with E-state index in [4.69, 9.17) is 4.74 Å². The lowest BCUT2D eigenvalue weighted by Gasteiger charge is -2.19. The molecule has 0 amide bonds. The number of hydrogen-bond donors (Lipinski definition) is 1. The summed E-state index contributed by atoms with van der Waals surface area (Å²) in [6, 6.07) is 14.0. The molecule has 0 saturated carbocycles. The van der Waals surface area contributed by atoms with Crippen LogP contribution in [0.2, 0.25) is 0 Å². The van der Waals surface area contributed by atoms with Gasteiger partial charge in [-0.05, 0) is 53.6 Å². The molecule has 2 aromatic rings. The third-order valence-electron chi connectivity index (χ3n) is 3.99. The SMILES string of the molecule is COc1ccc2cc(C(C)NC3CCSC3)ccc2c1. The highest BCUT2D eigenvalue weighted by atomic mass is 32.2. The molecule has 0 aliphatic carbocycles. The number of rotatable bonds is 4. The van der Waals surface area contributed by atoms with E-state index in [-0.39, 0.29) is 0 Å². The lowest BCUT2D eigenvalue weighted by Crippen LogP contribution is -2.31. The van der Waals surface area contributed by atoms with E-state index in [0.717, 1.165) is 5.75 Å². The zero-order chi connectivity index (χ0) is 13.9. The molecule has 0 radical (unpaired) electrons. The summed E-state index contributed by atoms with van der Waals surface area (Å²) in [7, 11) is 1.71. The molecule has 106 valence electrons. The first-order valence-corrected chi connectivity index (χ1v) is 8.33. The van der Waals surface area contributed by atoms with Crippen LogP contribution in [0.15, 0.2) is 36.4 Å². The van der Waals surface area contributed by atoms with Gasteiger partial charge >= 0.3 is 0 Å². The van der Waals surface area contributed by atoms with Crippen LogP contribution in [-0.4, -0.2) is 24.7 Å². The molecule has 0 spiro atoms. The Morgan fingerprint density at radius 1 is 1.20 bits per heavy atom. The Balaban J connectivity index is 1.80. The van der Waals surface area contributed by atoms with Gasteiger partial charge < -0.3 is 10.1 Å². The molecule has 2 nitrogen and oxygen atoms in total. The van der Waals surface area contributed by atoms with Gasteiger partial charge in [-0.3, -0.25) is 0 Å². The molecule has 1 heterocycles. The molecule has 1 aliphatic rings. The van der Waals surface area contributed by atoms with Crippen molar-refractivity contribution in [3.8, 4) is 5.75 Å². The molecule has 0 bridgehead atoms. The summed E-state index contributed by atoms with van der Waals surface area (Å²) >= 11 is 2.05. The minimum Gasteiger partial charge on any atom is -0.497 e. The monoisotopic (exact) mass is 287 g/mol. The van der Waals surface area contributed by atoms with Crippen molar-refractivity contribution in [2.75, 3.05) is 18.6 Å². The van der Waals surface area contributed by atoms with Crippen molar-refractivity contribution in [2.45, 2.75) is 25.4 Å². The lowest BCUT2D eigenvalue weighted by atomic mass is 10.0. The first kappa shape index (κ1) is 13.8. The molecule has 20 heavy (non-hydrogen) atoms. The summed E-state index contributed by atoms with van der Waals surface area (Å²) < 4.78 is 5.27. The molecular weight excluding hydrogens is 266 g/mol. The molecule has 2 unspecified atom stereocenters. The van der Waals surface area contributed by atoms with Crippen molar-refractivity contribution in [2.24, 2.45) is 0 Å². The number of ether oxygens (including phenoxy) is 1. The minimum atomic E-state index is 0.408. The van der Waals surface area contributed by atoms with Crippen LogP contribution in [0, 0.1) is 0 Å². The van der Waals surface area contributed by atoms with Gasteiger partial charge in [0.1, 0.15) is 5.75 Å². The standard InChI is InChI=1S/C17H21NOS/c1-12(18-16-7-8-20-11-16)13-3-4-15-10-17(19-2)6-5-14(15)9-13/h3-6,9-10,12,16,18H,7-8,11H2,1-2H3. The number of fused-ring (bicyclic) bond motifs is 1. The van der Waals surface area contributed by atoms with Crippen LogP contribution in [0.3, 0.4) is 0 Å². The van der Waals surface area contributed by atoms with E-state index in [2.05, 4.69) is 42.6 Å². The largest absolute Gasteiger partial charge is 0.497 e. The normalized spacial score (nSPS) is 20.2. The van der Waals surface area contributed by atoms with Crippen LogP contribution in [0.4, 0.5) is 0 Å². The minimum absolute atomic E-state index is 0.408. The van der Waals surface area contributed by atoms with Gasteiger partial charge in [-0.15, -0.1) is 0 Å². The predicted molar refractivity (Wildman–Crippen MR) is 87.8 cm³/mol. The van der Waals surface area contributed by atoms with Gasteiger partial charge in [0.2, 0.25) is 0 Å². The molecule has 2 aromatic carbocycles. The van der Waals surface area contributed by atoms with E-state index in [1.54, 1.807) is 7.11 Å². The van der Waals surface area contributed by atoms with Gasteiger partial charge in [-0.2, -0.15) is 11.8 Å². The van der Waals surface area contributed by atoms with Crippen molar-refractivity contribution in [1.29, 1.82) is 0 Å². The summed E-state index contributed by atoms with van der Waals surface area (Å²) in [4.78, 5) is 0. The smallest absolute Gasteiger partial charge is 0.119 e. The molecule has 2 atom stereocenters. The summed E-state index contributed by atoms with van der Waals surface area (Å²) in [5, 5.41) is 6.25. The number of benzene rings is 2. The fourth-order valence-electron chi connectivity index (χ4n) is 2.75. The first-order valence-electron chi connectivity index (χ1n) is 7.18. The van der Waals surface area contributed by atoms with E-state index in [0.29, 0.717) is 12.1 Å². The van der Waals surface area contributed by atoms with Crippen molar-refractivity contribution in [3.63, 3.8) is 0 Å². The summed E-state index contributed by atoms with van der Waals surface area (Å²) in [6.07, 6.45) is 1.29. The summed E-state index contributed by atoms with van der Waals surface area (Å²) in [5.74, 6) is 3.45. The van der Waals surface area contributed by atoms with Gasteiger partial charge in [-0.25, -0.2) is 0 Å². The Kier molecular flexibility index (Phi) is 4.18. The predicted octanol–water partition coefficient (Wildman–Crippen LogP) is 4.00. The average molecular weight is 287 g/mol. The van der Waals surface area contributed by atoms with Gasteiger partial charge in [0.15, 0.2) is 0 Å². The Morgan fingerprint density at radius 3 is 2.75 bits per heavy atom. The van der Waals surface area contributed by atoms with Crippen molar-refractivity contribution in [1.82, 2.24) is 5.32 Å².